The number of rotatable bonds is 9. The van der Waals surface area contributed by atoms with Crippen LogP contribution in [0, 0.1) is 0 Å². The first-order valence-corrected chi connectivity index (χ1v) is 8.31. The van der Waals surface area contributed by atoms with Crippen LogP contribution in [0.3, 0.4) is 0 Å². The third kappa shape index (κ3) is 7.79. The zero-order valence-corrected chi connectivity index (χ0v) is 14.4. The van der Waals surface area contributed by atoms with Crippen LogP contribution in [0.4, 0.5) is 5.69 Å². The van der Waals surface area contributed by atoms with E-state index in [0.29, 0.717) is 31.2 Å². The van der Waals surface area contributed by atoms with Gasteiger partial charge in [-0.05, 0) is 36.5 Å². The van der Waals surface area contributed by atoms with E-state index in [1.807, 2.05) is 24.3 Å². The number of ether oxygens (including phenoxy) is 1. The van der Waals surface area contributed by atoms with Crippen molar-refractivity contribution < 1.29 is 14.3 Å². The van der Waals surface area contributed by atoms with E-state index < -0.39 is 11.8 Å². The van der Waals surface area contributed by atoms with E-state index in [4.69, 9.17) is 4.74 Å². The summed E-state index contributed by atoms with van der Waals surface area (Å²) in [4.78, 5) is 23.5. The topological polar surface area (TPSA) is 67.4 Å². The molecule has 1 aromatic rings. The van der Waals surface area contributed by atoms with Crippen LogP contribution < -0.4 is 10.6 Å². The van der Waals surface area contributed by atoms with Crippen LogP contribution in [0.25, 0.3) is 0 Å². The van der Waals surface area contributed by atoms with Gasteiger partial charge in [0.1, 0.15) is 0 Å². The summed E-state index contributed by atoms with van der Waals surface area (Å²) in [6.45, 7) is 8.10. The predicted molar refractivity (Wildman–Crippen MR) is 92.5 cm³/mol. The molecule has 0 aromatic heterocycles. The normalized spacial score (nSPS) is 10.6. The Hall–Kier alpha value is -1.88. The van der Waals surface area contributed by atoms with Gasteiger partial charge in [-0.15, -0.1) is 0 Å². The molecule has 0 fully saturated rings. The van der Waals surface area contributed by atoms with Crippen molar-refractivity contribution >= 4 is 17.5 Å². The predicted octanol–water partition coefficient (Wildman–Crippen LogP) is 3.07. The van der Waals surface area contributed by atoms with Crippen molar-refractivity contribution in [1.29, 1.82) is 0 Å². The third-order valence-corrected chi connectivity index (χ3v) is 3.43. The maximum atomic E-state index is 11.8. The number of carbonyl (C=O) groups is 2. The van der Waals surface area contributed by atoms with E-state index in [0.717, 1.165) is 19.4 Å². The monoisotopic (exact) mass is 320 g/mol. The molecule has 1 aromatic carbocycles. The zero-order chi connectivity index (χ0) is 17.1. The molecule has 0 saturated heterocycles. The van der Waals surface area contributed by atoms with E-state index in [2.05, 4.69) is 31.4 Å². The molecule has 0 spiro atoms. The van der Waals surface area contributed by atoms with Crippen molar-refractivity contribution in [3.63, 3.8) is 0 Å². The minimum absolute atomic E-state index is 0.433. The van der Waals surface area contributed by atoms with Crippen LogP contribution in [0.2, 0.25) is 0 Å². The first-order chi connectivity index (χ1) is 11.0. The summed E-state index contributed by atoms with van der Waals surface area (Å²) in [7, 11) is 0. The van der Waals surface area contributed by atoms with Crippen LogP contribution in [-0.2, 0) is 14.3 Å². The highest BCUT2D eigenvalue weighted by atomic mass is 16.5. The van der Waals surface area contributed by atoms with Gasteiger partial charge in [0.05, 0.1) is 0 Å². The smallest absolute Gasteiger partial charge is 0.313 e. The van der Waals surface area contributed by atoms with Crippen LogP contribution >= 0.6 is 0 Å². The van der Waals surface area contributed by atoms with Gasteiger partial charge in [-0.1, -0.05) is 39.3 Å². The molecule has 0 aliphatic heterocycles. The number of nitrogens with one attached hydrogen (secondary N) is 2. The summed E-state index contributed by atoms with van der Waals surface area (Å²) in [5.74, 6) is -0.830. The zero-order valence-electron chi connectivity index (χ0n) is 14.4. The largest absolute Gasteiger partial charge is 0.381 e. The summed E-state index contributed by atoms with van der Waals surface area (Å²) < 4.78 is 5.39. The summed E-state index contributed by atoms with van der Waals surface area (Å²) >= 11 is 0. The minimum atomic E-state index is -0.644. The molecule has 0 heterocycles. The minimum Gasteiger partial charge on any atom is -0.381 e. The standard InChI is InChI=1S/C18H28N2O3/c1-4-5-12-23-13-6-11-19-17(21)18(22)20-16-9-7-15(8-10-16)14(2)3/h7-10,14H,4-6,11-13H2,1-3H3,(H,19,21)(H,20,22). The van der Waals surface area contributed by atoms with Gasteiger partial charge in [0.15, 0.2) is 0 Å². The highest BCUT2D eigenvalue weighted by Gasteiger charge is 2.12. The fourth-order valence-corrected chi connectivity index (χ4v) is 1.94. The Bertz CT molecular complexity index is 484. The van der Waals surface area contributed by atoms with Gasteiger partial charge in [-0.25, -0.2) is 0 Å². The van der Waals surface area contributed by atoms with Crippen molar-refractivity contribution in [2.45, 2.75) is 46.0 Å². The lowest BCUT2D eigenvalue weighted by Crippen LogP contribution is -2.36. The molecular formula is C18H28N2O3. The number of hydrogen-bond acceptors (Lipinski definition) is 3. The van der Waals surface area contributed by atoms with Gasteiger partial charge >= 0.3 is 11.8 Å². The Balaban J connectivity index is 2.24. The lowest BCUT2D eigenvalue weighted by Gasteiger charge is -2.09. The average molecular weight is 320 g/mol. The quantitative estimate of drug-likeness (QED) is 0.543. The molecule has 2 amide bonds. The Morgan fingerprint density at radius 3 is 2.30 bits per heavy atom. The van der Waals surface area contributed by atoms with Gasteiger partial charge < -0.3 is 15.4 Å². The molecule has 0 radical (unpaired) electrons. The Labute approximate surface area is 138 Å². The number of benzene rings is 1. The molecule has 0 unspecified atom stereocenters. The molecular weight excluding hydrogens is 292 g/mol. The molecule has 5 heteroatoms. The Morgan fingerprint density at radius 2 is 1.70 bits per heavy atom. The van der Waals surface area contributed by atoms with Crippen LogP contribution in [0.5, 0.6) is 0 Å². The first kappa shape index (κ1) is 19.2. The van der Waals surface area contributed by atoms with Crippen molar-refractivity contribution in [3.05, 3.63) is 29.8 Å². The van der Waals surface area contributed by atoms with Crippen molar-refractivity contribution in [3.8, 4) is 0 Å². The van der Waals surface area contributed by atoms with E-state index in [1.165, 1.54) is 5.56 Å². The molecule has 2 N–H and O–H groups in total. The second kappa shape index (κ2) is 10.8. The Morgan fingerprint density at radius 1 is 1.04 bits per heavy atom. The molecule has 5 nitrogen and oxygen atoms in total. The molecule has 1 rings (SSSR count). The second-order valence-electron chi connectivity index (χ2n) is 5.81. The number of unbranched alkanes of at least 4 members (excludes halogenated alkanes) is 1. The number of anilines is 1. The molecule has 0 aliphatic rings. The fourth-order valence-electron chi connectivity index (χ4n) is 1.94. The van der Waals surface area contributed by atoms with Crippen molar-refractivity contribution in [1.82, 2.24) is 5.32 Å². The number of amides is 2. The summed E-state index contributed by atoms with van der Waals surface area (Å²) in [5, 5.41) is 5.19. The summed E-state index contributed by atoms with van der Waals surface area (Å²) in [6, 6.07) is 7.52. The molecule has 128 valence electrons. The van der Waals surface area contributed by atoms with Crippen molar-refractivity contribution in [2.24, 2.45) is 0 Å². The molecule has 23 heavy (non-hydrogen) atoms. The summed E-state index contributed by atoms with van der Waals surface area (Å²) in [5.41, 5.74) is 1.81. The molecule has 0 aliphatic carbocycles. The van der Waals surface area contributed by atoms with E-state index in [-0.39, 0.29) is 0 Å². The van der Waals surface area contributed by atoms with Gasteiger partial charge in [0.2, 0.25) is 0 Å². The van der Waals surface area contributed by atoms with Gasteiger partial charge in [-0.2, -0.15) is 0 Å². The van der Waals surface area contributed by atoms with Gasteiger partial charge in [0, 0.05) is 25.4 Å². The maximum absolute atomic E-state index is 11.8. The van der Waals surface area contributed by atoms with Crippen LogP contribution in [0.1, 0.15) is 51.5 Å². The number of hydrogen-bond donors (Lipinski definition) is 2. The van der Waals surface area contributed by atoms with E-state index >= 15 is 0 Å². The third-order valence-electron chi connectivity index (χ3n) is 3.43. The Kier molecular flexibility index (Phi) is 8.98. The molecule has 0 atom stereocenters. The highest BCUT2D eigenvalue weighted by Crippen LogP contribution is 2.16. The first-order valence-electron chi connectivity index (χ1n) is 8.31. The SMILES string of the molecule is CCCCOCCCNC(=O)C(=O)Nc1ccc(C(C)C)cc1. The highest BCUT2D eigenvalue weighted by molar-refractivity contribution is 6.39. The second-order valence-corrected chi connectivity index (χ2v) is 5.81. The van der Waals surface area contributed by atoms with E-state index in [9.17, 15) is 9.59 Å². The number of carbonyl (C=O) groups excluding carboxylic acids is 2. The fraction of sp³-hybridized carbons (Fsp3) is 0.556. The molecule has 0 saturated carbocycles. The van der Waals surface area contributed by atoms with Crippen LogP contribution in [0.15, 0.2) is 24.3 Å². The van der Waals surface area contributed by atoms with Gasteiger partial charge in [-0.3, -0.25) is 9.59 Å². The van der Waals surface area contributed by atoms with Crippen LogP contribution in [-0.4, -0.2) is 31.6 Å². The average Bonchev–Trinajstić information content (AvgIpc) is 2.54. The van der Waals surface area contributed by atoms with E-state index in [1.54, 1.807) is 0 Å². The van der Waals surface area contributed by atoms with Gasteiger partial charge in [0.25, 0.3) is 0 Å². The lowest BCUT2D eigenvalue weighted by atomic mass is 10.0. The van der Waals surface area contributed by atoms with Crippen molar-refractivity contribution in [2.75, 3.05) is 25.1 Å². The lowest BCUT2D eigenvalue weighted by molar-refractivity contribution is -0.136. The molecule has 0 bridgehead atoms. The summed E-state index contributed by atoms with van der Waals surface area (Å²) in [6.07, 6.45) is 2.85. The maximum Gasteiger partial charge on any atom is 0.313 e.